The number of rotatable bonds is 7. The minimum atomic E-state index is 0.858. The molecule has 0 saturated carbocycles. The van der Waals surface area contributed by atoms with Crippen LogP contribution in [0.15, 0.2) is 65.2 Å². The monoisotopic (exact) mass is 367 g/mol. The lowest BCUT2D eigenvalue weighted by Gasteiger charge is -2.21. The molecule has 136 valence electrons. The van der Waals surface area contributed by atoms with Crippen molar-refractivity contribution in [2.24, 2.45) is 4.99 Å². The van der Waals surface area contributed by atoms with Gasteiger partial charge in [0.15, 0.2) is 5.96 Å². The van der Waals surface area contributed by atoms with Gasteiger partial charge in [-0.15, -0.1) is 11.3 Å². The molecular weight excluding hydrogens is 342 g/mol. The van der Waals surface area contributed by atoms with E-state index in [0.29, 0.717) is 0 Å². The number of aromatic nitrogens is 2. The van der Waals surface area contributed by atoms with Crippen LogP contribution in [0.25, 0.3) is 5.69 Å². The molecule has 6 heteroatoms. The molecular formula is C20H25N5S. The zero-order valence-corrected chi connectivity index (χ0v) is 16.1. The summed E-state index contributed by atoms with van der Waals surface area (Å²) in [6.45, 7) is 1.82. The maximum absolute atomic E-state index is 4.39. The number of nitrogens with zero attached hydrogens (tertiary/aromatic N) is 4. The molecule has 2 heterocycles. The van der Waals surface area contributed by atoms with Gasteiger partial charge in [-0.05, 0) is 48.1 Å². The number of hydrogen-bond donors (Lipinski definition) is 1. The first-order chi connectivity index (χ1) is 12.8. The average Bonchev–Trinajstić information content (AvgIpc) is 3.38. The van der Waals surface area contributed by atoms with Crippen molar-refractivity contribution >= 4 is 17.3 Å². The maximum atomic E-state index is 4.39. The molecule has 1 N–H and O–H groups in total. The van der Waals surface area contributed by atoms with E-state index >= 15 is 0 Å². The van der Waals surface area contributed by atoms with E-state index in [1.165, 1.54) is 10.4 Å². The molecule has 0 radical (unpaired) electrons. The second-order valence-electron chi connectivity index (χ2n) is 6.09. The van der Waals surface area contributed by atoms with E-state index < -0.39 is 0 Å². The normalized spacial score (nSPS) is 11.5. The minimum Gasteiger partial charge on any atom is -0.356 e. The summed E-state index contributed by atoms with van der Waals surface area (Å²) in [5, 5.41) is 9.83. The number of thiophene rings is 1. The Morgan fingerprint density at radius 2 is 2.04 bits per heavy atom. The summed E-state index contributed by atoms with van der Waals surface area (Å²) in [5.41, 5.74) is 2.38. The summed E-state index contributed by atoms with van der Waals surface area (Å²) in [7, 11) is 3.92. The van der Waals surface area contributed by atoms with Gasteiger partial charge < -0.3 is 10.2 Å². The summed E-state index contributed by atoms with van der Waals surface area (Å²) in [6, 6.07) is 14.7. The maximum Gasteiger partial charge on any atom is 0.193 e. The third-order valence-electron chi connectivity index (χ3n) is 4.25. The van der Waals surface area contributed by atoms with Crippen molar-refractivity contribution in [1.29, 1.82) is 0 Å². The van der Waals surface area contributed by atoms with Crippen molar-refractivity contribution in [1.82, 2.24) is 20.0 Å². The Morgan fingerprint density at radius 1 is 1.19 bits per heavy atom. The molecule has 0 aliphatic rings. The van der Waals surface area contributed by atoms with Gasteiger partial charge in [0.25, 0.3) is 0 Å². The molecule has 0 saturated heterocycles. The summed E-state index contributed by atoms with van der Waals surface area (Å²) in [5.74, 6) is 0.940. The fraction of sp³-hybridized carbons (Fsp3) is 0.300. The second-order valence-corrected chi connectivity index (χ2v) is 7.12. The van der Waals surface area contributed by atoms with Gasteiger partial charge in [-0.1, -0.05) is 18.2 Å². The predicted molar refractivity (Wildman–Crippen MR) is 109 cm³/mol. The van der Waals surface area contributed by atoms with Gasteiger partial charge in [0, 0.05) is 44.5 Å². The fourth-order valence-electron chi connectivity index (χ4n) is 2.78. The van der Waals surface area contributed by atoms with E-state index in [2.05, 4.69) is 69.1 Å². The molecule has 3 rings (SSSR count). The van der Waals surface area contributed by atoms with Crippen LogP contribution < -0.4 is 5.32 Å². The van der Waals surface area contributed by atoms with Crippen LogP contribution in [0.4, 0.5) is 0 Å². The van der Waals surface area contributed by atoms with E-state index in [0.717, 1.165) is 37.6 Å². The number of benzene rings is 1. The molecule has 0 aliphatic heterocycles. The molecule has 0 unspecified atom stereocenters. The topological polar surface area (TPSA) is 45.5 Å². The van der Waals surface area contributed by atoms with E-state index in [1.54, 1.807) is 17.5 Å². The molecule has 5 nitrogen and oxygen atoms in total. The number of guanidine groups is 1. The summed E-state index contributed by atoms with van der Waals surface area (Å²) < 4.78 is 1.87. The van der Waals surface area contributed by atoms with Gasteiger partial charge in [-0.25, -0.2) is 4.68 Å². The van der Waals surface area contributed by atoms with Crippen molar-refractivity contribution < 1.29 is 0 Å². The fourth-order valence-corrected chi connectivity index (χ4v) is 3.48. The van der Waals surface area contributed by atoms with Crippen LogP contribution >= 0.6 is 11.3 Å². The van der Waals surface area contributed by atoms with Crippen molar-refractivity contribution in [2.75, 3.05) is 27.2 Å². The molecule has 0 aliphatic carbocycles. The Balaban J connectivity index is 1.45. The summed E-state index contributed by atoms with van der Waals surface area (Å²) >= 11 is 1.81. The molecule has 26 heavy (non-hydrogen) atoms. The van der Waals surface area contributed by atoms with Crippen molar-refractivity contribution in [3.05, 3.63) is 70.7 Å². The highest BCUT2D eigenvalue weighted by molar-refractivity contribution is 7.09. The van der Waals surface area contributed by atoms with E-state index in [1.807, 2.05) is 24.0 Å². The smallest absolute Gasteiger partial charge is 0.193 e. The Kier molecular flexibility index (Phi) is 6.44. The highest BCUT2D eigenvalue weighted by Crippen LogP contribution is 2.10. The molecule has 0 amide bonds. The third kappa shape index (κ3) is 4.95. The molecule has 1 aromatic carbocycles. The molecule has 3 aromatic rings. The average molecular weight is 368 g/mol. The Hall–Kier alpha value is -2.60. The van der Waals surface area contributed by atoms with Crippen molar-refractivity contribution in [3.63, 3.8) is 0 Å². The van der Waals surface area contributed by atoms with E-state index in [9.17, 15) is 0 Å². The minimum absolute atomic E-state index is 0.858. The SMILES string of the molecule is CN=C(NCCc1ccc(-n2cccn2)cc1)N(C)CCc1cccs1. The third-order valence-corrected chi connectivity index (χ3v) is 5.19. The van der Waals surface area contributed by atoms with Crippen molar-refractivity contribution in [3.8, 4) is 5.69 Å². The molecule has 0 bridgehead atoms. The molecule has 0 spiro atoms. The number of hydrogen-bond acceptors (Lipinski definition) is 3. The molecule has 2 aromatic heterocycles. The van der Waals surface area contributed by atoms with Crippen LogP contribution in [0.5, 0.6) is 0 Å². The van der Waals surface area contributed by atoms with Gasteiger partial charge in [0.1, 0.15) is 0 Å². The summed E-state index contributed by atoms with van der Waals surface area (Å²) in [4.78, 5) is 7.98. The largest absolute Gasteiger partial charge is 0.356 e. The standard InChI is InChI=1S/C20H25N5S/c1-21-20(24(2)15-11-19-5-3-16-26-19)22-13-10-17-6-8-18(9-7-17)25-14-4-12-23-25/h3-9,12,14,16H,10-11,13,15H2,1-2H3,(H,21,22). The number of likely N-dealkylation sites (N-methyl/N-ethyl adjacent to an activating group) is 1. The highest BCUT2D eigenvalue weighted by Gasteiger charge is 2.06. The Morgan fingerprint density at radius 3 is 2.69 bits per heavy atom. The van der Waals surface area contributed by atoms with Gasteiger partial charge in [-0.2, -0.15) is 5.10 Å². The lowest BCUT2D eigenvalue weighted by Crippen LogP contribution is -2.40. The predicted octanol–water partition coefficient (Wildman–Crippen LogP) is 3.23. The van der Waals surface area contributed by atoms with Crippen LogP contribution in [0.1, 0.15) is 10.4 Å². The molecule has 0 fully saturated rings. The van der Waals surface area contributed by atoms with E-state index in [4.69, 9.17) is 0 Å². The molecule has 0 atom stereocenters. The lowest BCUT2D eigenvalue weighted by molar-refractivity contribution is 0.487. The second kappa shape index (κ2) is 9.20. The number of aliphatic imine (C=N–C) groups is 1. The van der Waals surface area contributed by atoms with Crippen LogP contribution in [0.3, 0.4) is 0 Å². The Labute approximate surface area is 159 Å². The van der Waals surface area contributed by atoms with Gasteiger partial charge in [-0.3, -0.25) is 4.99 Å². The van der Waals surface area contributed by atoms with Crippen LogP contribution in [0, 0.1) is 0 Å². The first-order valence-corrected chi connectivity index (χ1v) is 9.67. The highest BCUT2D eigenvalue weighted by atomic mass is 32.1. The van der Waals surface area contributed by atoms with Gasteiger partial charge >= 0.3 is 0 Å². The zero-order chi connectivity index (χ0) is 18.2. The first-order valence-electron chi connectivity index (χ1n) is 8.79. The first kappa shape index (κ1) is 18.2. The quantitative estimate of drug-likeness (QED) is 0.515. The van der Waals surface area contributed by atoms with Gasteiger partial charge in [0.05, 0.1) is 5.69 Å². The van der Waals surface area contributed by atoms with Crippen molar-refractivity contribution in [2.45, 2.75) is 12.8 Å². The van der Waals surface area contributed by atoms with E-state index in [-0.39, 0.29) is 0 Å². The van der Waals surface area contributed by atoms with Crippen LogP contribution in [-0.2, 0) is 12.8 Å². The number of nitrogens with one attached hydrogen (secondary N) is 1. The van der Waals surface area contributed by atoms with Gasteiger partial charge in [0.2, 0.25) is 0 Å². The van der Waals surface area contributed by atoms with Crippen LogP contribution in [-0.4, -0.2) is 47.8 Å². The Bertz CT molecular complexity index is 791. The lowest BCUT2D eigenvalue weighted by atomic mass is 10.1. The zero-order valence-electron chi connectivity index (χ0n) is 15.3. The van der Waals surface area contributed by atoms with Crippen LogP contribution in [0.2, 0.25) is 0 Å². The summed E-state index contributed by atoms with van der Waals surface area (Å²) in [6.07, 6.45) is 5.74.